The minimum absolute atomic E-state index is 0.176. The Kier molecular flexibility index (Phi) is 6.39. The average molecular weight is 427 g/mol. The maximum absolute atomic E-state index is 12.7. The van der Waals surface area contributed by atoms with Gasteiger partial charge in [0, 0.05) is 23.2 Å². The number of esters is 2. The molecule has 2 aromatic heterocycles. The quantitative estimate of drug-likeness (QED) is 0.486. The lowest BCUT2D eigenvalue weighted by Gasteiger charge is -2.18. The van der Waals surface area contributed by atoms with Crippen LogP contribution in [-0.4, -0.2) is 53.6 Å². The Bertz CT molecular complexity index is 1150. The third-order valence-corrected chi connectivity index (χ3v) is 4.88. The van der Waals surface area contributed by atoms with Crippen LogP contribution in [0.1, 0.15) is 33.8 Å². The van der Waals surface area contributed by atoms with Crippen molar-refractivity contribution in [1.82, 2.24) is 15.2 Å². The van der Waals surface area contributed by atoms with Crippen molar-refractivity contribution in [3.05, 3.63) is 63.7 Å². The summed E-state index contributed by atoms with van der Waals surface area (Å²) in [5.41, 5.74) is 0.618. The van der Waals surface area contributed by atoms with E-state index in [0.29, 0.717) is 22.6 Å². The lowest BCUT2D eigenvalue weighted by atomic mass is 9.86. The SMILES string of the molecule is COC(=O)CC(c1cn[nH]c1-c1ccc(OC)cc1)c1c(O)c(C(=O)OC)c[nH]c1=O. The predicted octanol–water partition coefficient (Wildman–Crippen LogP) is 1.96. The highest BCUT2D eigenvalue weighted by molar-refractivity contribution is 5.92. The van der Waals surface area contributed by atoms with Crippen LogP contribution >= 0.6 is 0 Å². The van der Waals surface area contributed by atoms with Gasteiger partial charge >= 0.3 is 11.9 Å². The summed E-state index contributed by atoms with van der Waals surface area (Å²) < 4.78 is 14.6. The van der Waals surface area contributed by atoms with Crippen molar-refractivity contribution in [3.63, 3.8) is 0 Å². The summed E-state index contributed by atoms with van der Waals surface area (Å²) in [4.78, 5) is 39.3. The number of nitrogens with zero attached hydrogens (tertiary/aromatic N) is 1. The van der Waals surface area contributed by atoms with Gasteiger partial charge in [-0.3, -0.25) is 14.7 Å². The van der Waals surface area contributed by atoms with E-state index in [2.05, 4.69) is 19.9 Å². The number of hydrogen-bond donors (Lipinski definition) is 3. The molecule has 3 N–H and O–H groups in total. The van der Waals surface area contributed by atoms with Crippen LogP contribution in [-0.2, 0) is 14.3 Å². The fourth-order valence-electron chi connectivity index (χ4n) is 3.29. The van der Waals surface area contributed by atoms with Crippen LogP contribution < -0.4 is 10.3 Å². The molecule has 162 valence electrons. The molecule has 0 bridgehead atoms. The number of aromatic nitrogens is 3. The van der Waals surface area contributed by atoms with E-state index in [1.54, 1.807) is 31.4 Å². The summed E-state index contributed by atoms with van der Waals surface area (Å²) >= 11 is 0. The predicted molar refractivity (Wildman–Crippen MR) is 109 cm³/mol. The Morgan fingerprint density at radius 2 is 1.84 bits per heavy atom. The third-order valence-electron chi connectivity index (χ3n) is 4.88. The van der Waals surface area contributed by atoms with Gasteiger partial charge in [0.15, 0.2) is 0 Å². The lowest BCUT2D eigenvalue weighted by Crippen LogP contribution is -2.22. The highest BCUT2D eigenvalue weighted by atomic mass is 16.5. The Morgan fingerprint density at radius 1 is 1.13 bits per heavy atom. The fraction of sp³-hybridized carbons (Fsp3) is 0.238. The molecule has 1 aromatic carbocycles. The van der Waals surface area contributed by atoms with Gasteiger partial charge in [0.05, 0.1) is 45.2 Å². The van der Waals surface area contributed by atoms with Gasteiger partial charge in [0.2, 0.25) is 0 Å². The number of nitrogens with one attached hydrogen (secondary N) is 2. The maximum Gasteiger partial charge on any atom is 0.343 e. The summed E-state index contributed by atoms with van der Waals surface area (Å²) in [6, 6.07) is 7.05. The van der Waals surface area contributed by atoms with E-state index in [9.17, 15) is 19.5 Å². The first-order valence-electron chi connectivity index (χ1n) is 9.18. The molecule has 0 saturated heterocycles. The van der Waals surface area contributed by atoms with Gasteiger partial charge in [-0.25, -0.2) is 4.79 Å². The Labute approximate surface area is 176 Å². The molecule has 10 heteroatoms. The second-order valence-corrected chi connectivity index (χ2v) is 6.55. The van der Waals surface area contributed by atoms with Crippen molar-refractivity contribution < 1.29 is 28.9 Å². The zero-order chi connectivity index (χ0) is 22.5. The number of benzene rings is 1. The number of aromatic amines is 2. The Balaban J connectivity index is 2.19. The second kappa shape index (κ2) is 9.16. The fourth-order valence-corrected chi connectivity index (χ4v) is 3.29. The van der Waals surface area contributed by atoms with E-state index in [-0.39, 0.29) is 17.5 Å². The van der Waals surface area contributed by atoms with Crippen molar-refractivity contribution in [2.45, 2.75) is 12.3 Å². The molecule has 0 aliphatic carbocycles. The maximum atomic E-state index is 12.7. The molecule has 0 saturated carbocycles. The monoisotopic (exact) mass is 427 g/mol. The lowest BCUT2D eigenvalue weighted by molar-refractivity contribution is -0.140. The molecular weight excluding hydrogens is 406 g/mol. The number of carbonyl (C=O) groups excluding carboxylic acids is 2. The first kappa shape index (κ1) is 21.6. The largest absolute Gasteiger partial charge is 0.506 e. The van der Waals surface area contributed by atoms with Gasteiger partial charge in [-0.05, 0) is 24.3 Å². The smallest absolute Gasteiger partial charge is 0.343 e. The highest BCUT2D eigenvalue weighted by Crippen LogP contribution is 2.38. The zero-order valence-corrected chi connectivity index (χ0v) is 17.1. The number of pyridine rings is 1. The molecular formula is C21H21N3O7. The van der Waals surface area contributed by atoms with Gasteiger partial charge in [-0.1, -0.05) is 0 Å². The van der Waals surface area contributed by atoms with Gasteiger partial charge in [-0.15, -0.1) is 0 Å². The second-order valence-electron chi connectivity index (χ2n) is 6.55. The number of aromatic hydroxyl groups is 1. The van der Waals surface area contributed by atoms with Gasteiger partial charge in [0.1, 0.15) is 17.1 Å². The Morgan fingerprint density at radius 3 is 2.45 bits per heavy atom. The van der Waals surface area contributed by atoms with E-state index >= 15 is 0 Å². The molecule has 0 amide bonds. The first-order chi connectivity index (χ1) is 14.9. The topological polar surface area (TPSA) is 144 Å². The highest BCUT2D eigenvalue weighted by Gasteiger charge is 2.31. The van der Waals surface area contributed by atoms with Crippen LogP contribution in [0, 0.1) is 0 Å². The van der Waals surface area contributed by atoms with Crippen molar-refractivity contribution in [2.24, 2.45) is 0 Å². The van der Waals surface area contributed by atoms with Crippen LogP contribution in [0.15, 0.2) is 41.5 Å². The summed E-state index contributed by atoms with van der Waals surface area (Å²) in [6.45, 7) is 0. The minimum Gasteiger partial charge on any atom is -0.506 e. The molecule has 10 nitrogen and oxygen atoms in total. The number of hydrogen-bond acceptors (Lipinski definition) is 8. The minimum atomic E-state index is -0.961. The molecule has 0 aliphatic rings. The molecule has 0 radical (unpaired) electrons. The number of carbonyl (C=O) groups is 2. The molecule has 0 aliphatic heterocycles. The standard InChI is InChI=1S/C21H21N3O7/c1-29-12-6-4-11(5-7-12)18-14(10-23-24-18)13(8-16(25)30-2)17-19(26)15(21(28)31-3)9-22-20(17)27/h4-7,9-10,13H,8H2,1-3H3,(H,23,24)(H2,22,26,27). The zero-order valence-electron chi connectivity index (χ0n) is 17.1. The molecule has 3 aromatic rings. The van der Waals surface area contributed by atoms with Crippen molar-refractivity contribution in [2.75, 3.05) is 21.3 Å². The summed E-state index contributed by atoms with van der Waals surface area (Å²) in [5, 5.41) is 17.7. The van der Waals surface area contributed by atoms with Crippen LogP contribution in [0.5, 0.6) is 11.5 Å². The van der Waals surface area contributed by atoms with Gasteiger partial charge in [-0.2, -0.15) is 5.10 Å². The van der Waals surface area contributed by atoms with Crippen molar-refractivity contribution in [1.29, 1.82) is 0 Å². The van der Waals surface area contributed by atoms with E-state index in [0.717, 1.165) is 13.3 Å². The summed E-state index contributed by atoms with van der Waals surface area (Å²) in [6.07, 6.45) is 2.24. The van der Waals surface area contributed by atoms with Crippen LogP contribution in [0.25, 0.3) is 11.3 Å². The molecule has 0 spiro atoms. The molecule has 1 atom stereocenters. The van der Waals surface area contributed by atoms with E-state index in [1.165, 1.54) is 13.3 Å². The van der Waals surface area contributed by atoms with Gasteiger partial charge in [0.25, 0.3) is 5.56 Å². The number of rotatable bonds is 7. The number of H-pyrrole nitrogens is 2. The molecule has 3 rings (SSSR count). The number of methoxy groups -OCH3 is 3. The molecule has 1 unspecified atom stereocenters. The van der Waals surface area contributed by atoms with Crippen LogP contribution in [0.3, 0.4) is 0 Å². The van der Waals surface area contributed by atoms with E-state index < -0.39 is 29.2 Å². The van der Waals surface area contributed by atoms with E-state index in [1.807, 2.05) is 0 Å². The van der Waals surface area contributed by atoms with Crippen LogP contribution in [0.4, 0.5) is 0 Å². The van der Waals surface area contributed by atoms with Crippen molar-refractivity contribution in [3.8, 4) is 22.8 Å². The molecule has 0 fully saturated rings. The van der Waals surface area contributed by atoms with E-state index in [4.69, 9.17) is 9.47 Å². The average Bonchev–Trinajstić information content (AvgIpc) is 3.27. The molecule has 31 heavy (non-hydrogen) atoms. The third kappa shape index (κ3) is 4.27. The number of ether oxygens (including phenoxy) is 3. The van der Waals surface area contributed by atoms with Crippen LogP contribution in [0.2, 0.25) is 0 Å². The summed E-state index contributed by atoms with van der Waals surface area (Å²) in [5.74, 6) is -2.35. The Hall–Kier alpha value is -4.08. The van der Waals surface area contributed by atoms with Gasteiger partial charge < -0.3 is 24.3 Å². The van der Waals surface area contributed by atoms with Crippen molar-refractivity contribution >= 4 is 11.9 Å². The summed E-state index contributed by atoms with van der Waals surface area (Å²) in [7, 11) is 3.91. The normalized spacial score (nSPS) is 11.6. The molecule has 2 heterocycles. The first-order valence-corrected chi connectivity index (χ1v) is 9.18.